The molecule has 0 atom stereocenters. The Labute approximate surface area is 277 Å². The molecule has 2 heterocycles. The van der Waals surface area contributed by atoms with E-state index in [4.69, 9.17) is 0 Å². The Balaban J connectivity index is 1.28. The fourth-order valence-corrected chi connectivity index (χ4v) is 7.39. The lowest BCUT2D eigenvalue weighted by Gasteiger charge is -2.19. The number of hydrogen-bond donors (Lipinski definition) is 0. The monoisotopic (exact) mass is 610 g/mol. The van der Waals surface area contributed by atoms with Crippen LogP contribution in [-0.2, 0) is 0 Å². The van der Waals surface area contributed by atoms with E-state index in [2.05, 4.69) is 155 Å². The summed E-state index contributed by atoms with van der Waals surface area (Å²) >= 11 is 0. The Kier molecular flexibility index (Phi) is 6.22. The highest BCUT2D eigenvalue weighted by molar-refractivity contribution is 6.11. The van der Waals surface area contributed by atoms with E-state index in [1.54, 1.807) is 6.07 Å². The first kappa shape index (κ1) is 27.4. The van der Waals surface area contributed by atoms with Crippen LogP contribution in [0.5, 0.6) is 0 Å². The molecule has 4 heteroatoms. The highest BCUT2D eigenvalue weighted by atomic mass is 15.0. The zero-order valence-corrected chi connectivity index (χ0v) is 25.8. The normalized spacial score (nSPS) is 11.3. The molecule has 0 N–H and O–H groups in total. The van der Waals surface area contributed by atoms with Gasteiger partial charge in [-0.05, 0) is 59.7 Å². The summed E-state index contributed by atoms with van der Waals surface area (Å²) in [7, 11) is 0. The third-order valence-corrected chi connectivity index (χ3v) is 9.45. The molecule has 0 unspecified atom stereocenters. The summed E-state index contributed by atoms with van der Waals surface area (Å²) in [6.07, 6.45) is 0. The highest BCUT2D eigenvalue weighted by Crippen LogP contribution is 2.42. The lowest BCUT2D eigenvalue weighted by Crippen LogP contribution is -2.01. The van der Waals surface area contributed by atoms with Gasteiger partial charge in [-0.2, -0.15) is 10.5 Å². The first-order chi connectivity index (χ1) is 23.8. The summed E-state index contributed by atoms with van der Waals surface area (Å²) in [5, 5.41) is 25.5. The Hall–Kier alpha value is -6.88. The number of rotatable bonds is 4. The van der Waals surface area contributed by atoms with Gasteiger partial charge in [0.05, 0.1) is 38.9 Å². The van der Waals surface area contributed by atoms with Crippen molar-refractivity contribution in [1.29, 1.82) is 10.5 Å². The molecule has 0 saturated heterocycles. The number of para-hydroxylation sites is 5. The molecule has 0 saturated carbocycles. The zero-order valence-electron chi connectivity index (χ0n) is 25.8. The van der Waals surface area contributed by atoms with Crippen LogP contribution in [0.3, 0.4) is 0 Å². The predicted molar refractivity (Wildman–Crippen MR) is 195 cm³/mol. The lowest BCUT2D eigenvalue weighted by molar-refractivity contribution is 1.18. The molecule has 0 aliphatic carbocycles. The maximum Gasteiger partial charge on any atom is 0.101 e. The van der Waals surface area contributed by atoms with Gasteiger partial charge >= 0.3 is 0 Å². The van der Waals surface area contributed by atoms with E-state index in [0.717, 1.165) is 66.5 Å². The molecule has 0 fully saturated rings. The first-order valence-corrected chi connectivity index (χ1v) is 15.9. The molecule has 0 amide bonds. The van der Waals surface area contributed by atoms with Gasteiger partial charge in [0.1, 0.15) is 12.1 Å². The molecule has 0 radical (unpaired) electrons. The number of benzene rings is 7. The lowest BCUT2D eigenvalue weighted by atomic mass is 9.87. The summed E-state index contributed by atoms with van der Waals surface area (Å²) < 4.78 is 4.57. The largest absolute Gasteiger partial charge is 0.309 e. The van der Waals surface area contributed by atoms with Crippen molar-refractivity contribution >= 4 is 43.6 Å². The number of nitriles is 2. The second kappa shape index (κ2) is 10.9. The van der Waals surface area contributed by atoms with Crippen LogP contribution in [0.4, 0.5) is 0 Å². The minimum atomic E-state index is 0.357. The number of nitrogens with zero attached hydrogens (tertiary/aromatic N) is 4. The Morgan fingerprint density at radius 3 is 1.40 bits per heavy atom. The molecule has 7 aromatic carbocycles. The maximum absolute atomic E-state index is 10.6. The van der Waals surface area contributed by atoms with Crippen LogP contribution in [0.15, 0.2) is 158 Å². The van der Waals surface area contributed by atoms with Crippen molar-refractivity contribution in [2.75, 3.05) is 0 Å². The average molecular weight is 611 g/mol. The molecule has 0 spiro atoms. The van der Waals surface area contributed by atoms with Gasteiger partial charge in [0.15, 0.2) is 0 Å². The van der Waals surface area contributed by atoms with Crippen molar-refractivity contribution in [1.82, 2.24) is 9.13 Å². The van der Waals surface area contributed by atoms with Crippen molar-refractivity contribution in [3.63, 3.8) is 0 Å². The van der Waals surface area contributed by atoms with Crippen molar-refractivity contribution in [2.45, 2.75) is 0 Å². The van der Waals surface area contributed by atoms with Crippen LogP contribution >= 0.6 is 0 Å². The summed E-state index contributed by atoms with van der Waals surface area (Å²) in [4.78, 5) is 0. The smallest absolute Gasteiger partial charge is 0.101 e. The van der Waals surface area contributed by atoms with Crippen LogP contribution in [0.2, 0.25) is 0 Å². The van der Waals surface area contributed by atoms with Gasteiger partial charge in [-0.1, -0.05) is 109 Å². The van der Waals surface area contributed by atoms with Gasteiger partial charge < -0.3 is 9.13 Å². The first-order valence-electron chi connectivity index (χ1n) is 15.9. The van der Waals surface area contributed by atoms with Gasteiger partial charge in [0.25, 0.3) is 0 Å². The fourth-order valence-electron chi connectivity index (χ4n) is 7.39. The van der Waals surface area contributed by atoms with Crippen molar-refractivity contribution in [2.24, 2.45) is 0 Å². The van der Waals surface area contributed by atoms with Crippen LogP contribution < -0.4 is 0 Å². The summed E-state index contributed by atoms with van der Waals surface area (Å²) in [5.41, 5.74) is 10.7. The molecule has 9 aromatic rings. The SMILES string of the molecule is N#Cc1ccc(-c2ccc(-n3c4ccccc4c4ccccc43)cc2)c(-c2ccccc2-n2c3ccccc3c3ccccc32)c1C#N. The van der Waals surface area contributed by atoms with E-state index < -0.39 is 0 Å². The minimum Gasteiger partial charge on any atom is -0.309 e. The number of fused-ring (bicyclic) bond motifs is 6. The molecule has 0 bridgehead atoms. The summed E-state index contributed by atoms with van der Waals surface area (Å²) in [5.74, 6) is 0. The second-order valence-electron chi connectivity index (χ2n) is 11.9. The fraction of sp³-hybridized carbons (Fsp3) is 0. The summed E-state index contributed by atoms with van der Waals surface area (Å²) in [6.45, 7) is 0. The van der Waals surface area contributed by atoms with Crippen molar-refractivity contribution in [3.8, 4) is 45.8 Å². The topological polar surface area (TPSA) is 57.4 Å². The van der Waals surface area contributed by atoms with Crippen molar-refractivity contribution in [3.05, 3.63) is 169 Å². The second-order valence-corrected chi connectivity index (χ2v) is 11.9. The Bertz CT molecular complexity index is 2690. The number of aromatic nitrogens is 2. The van der Waals surface area contributed by atoms with E-state index in [1.807, 2.05) is 18.2 Å². The predicted octanol–water partition coefficient (Wildman–Crippen LogP) is 11.0. The maximum atomic E-state index is 10.6. The molecule has 222 valence electrons. The average Bonchev–Trinajstić information content (AvgIpc) is 3.67. The third-order valence-electron chi connectivity index (χ3n) is 9.45. The molecular weight excluding hydrogens is 585 g/mol. The van der Waals surface area contributed by atoms with Gasteiger partial charge in [0.2, 0.25) is 0 Å². The molecule has 0 aliphatic rings. The quantitative estimate of drug-likeness (QED) is 0.199. The highest BCUT2D eigenvalue weighted by Gasteiger charge is 2.22. The van der Waals surface area contributed by atoms with Crippen molar-refractivity contribution < 1.29 is 0 Å². The van der Waals surface area contributed by atoms with Gasteiger partial charge in [-0.15, -0.1) is 0 Å². The van der Waals surface area contributed by atoms with Crippen LogP contribution in [-0.4, -0.2) is 9.13 Å². The van der Waals surface area contributed by atoms with Gasteiger partial charge in [-0.25, -0.2) is 0 Å². The zero-order chi connectivity index (χ0) is 32.2. The van der Waals surface area contributed by atoms with E-state index in [1.165, 1.54) is 10.8 Å². The minimum absolute atomic E-state index is 0.357. The van der Waals surface area contributed by atoms with E-state index >= 15 is 0 Å². The standard InChI is InChI=1S/C44H26N4/c45-27-30-23-26-32(29-21-24-31(25-22-29)47-39-16-6-1-11-33(39)34-12-2-7-17-40(34)47)44(38(30)28-46)37-15-5-10-20-43(37)48-41-18-8-3-13-35(41)36-14-4-9-19-42(36)48/h1-26H. The summed E-state index contributed by atoms with van der Waals surface area (Å²) in [6, 6.07) is 58.9. The Morgan fingerprint density at radius 2 is 0.875 bits per heavy atom. The molecule has 0 aliphatic heterocycles. The number of hydrogen-bond acceptors (Lipinski definition) is 2. The Morgan fingerprint density at radius 1 is 0.396 bits per heavy atom. The molecule has 48 heavy (non-hydrogen) atoms. The van der Waals surface area contributed by atoms with Crippen LogP contribution in [0.1, 0.15) is 11.1 Å². The van der Waals surface area contributed by atoms with Gasteiger partial charge in [-0.3, -0.25) is 0 Å². The molecule has 4 nitrogen and oxygen atoms in total. The van der Waals surface area contributed by atoms with Crippen LogP contribution in [0, 0.1) is 22.7 Å². The molecule has 9 rings (SSSR count). The van der Waals surface area contributed by atoms with Crippen LogP contribution in [0.25, 0.3) is 77.2 Å². The molecule has 2 aromatic heterocycles. The van der Waals surface area contributed by atoms with Gasteiger partial charge in [0, 0.05) is 38.4 Å². The molecular formula is C44H26N4. The van der Waals surface area contributed by atoms with E-state index in [9.17, 15) is 10.5 Å². The third kappa shape index (κ3) is 4.01. The van der Waals surface area contributed by atoms with E-state index in [-0.39, 0.29) is 0 Å². The van der Waals surface area contributed by atoms with E-state index in [0.29, 0.717) is 11.1 Å².